The quantitative estimate of drug-likeness (QED) is 0.121. The summed E-state index contributed by atoms with van der Waals surface area (Å²) in [6.07, 6.45) is -8.12. The van der Waals surface area contributed by atoms with Gasteiger partial charge in [-0.05, 0) is 41.5 Å². The van der Waals surface area contributed by atoms with Gasteiger partial charge in [0, 0.05) is 27.7 Å². The van der Waals surface area contributed by atoms with Crippen molar-refractivity contribution in [2.45, 2.75) is 99.8 Å². The average molecular weight is 655 g/mol. The molecule has 0 N–H and O–H groups in total. The van der Waals surface area contributed by atoms with Gasteiger partial charge in [0.05, 0.1) is 17.0 Å². The van der Waals surface area contributed by atoms with Crippen molar-refractivity contribution in [1.29, 1.82) is 0 Å². The van der Waals surface area contributed by atoms with Crippen molar-refractivity contribution in [3.8, 4) is 0 Å². The van der Waals surface area contributed by atoms with Gasteiger partial charge in [-0.2, -0.15) is 0 Å². The molecule has 0 unspecified atom stereocenters. The molecule has 0 aromatic heterocycles. The van der Waals surface area contributed by atoms with Gasteiger partial charge in [0.2, 0.25) is 13.6 Å². The van der Waals surface area contributed by atoms with Crippen LogP contribution in [0.4, 0.5) is 0 Å². The standard InChI is InChI=1S/C27H43O16P/c1-15(28)35-11-19-21(40-16(2)29)23(42-18(4)31)22(41-17(3)30)20(43-19)12-44(34,38-13-36-24(32)26(5,6)7)39-14-37-25(33)27(8,9)10/h19-23H,11-14H2,1-10H3/t19-,20-,21-,22-,23+/m1/s1. The maximum Gasteiger partial charge on any atom is 0.339 e. The summed E-state index contributed by atoms with van der Waals surface area (Å²) in [6.45, 7) is 11.5. The van der Waals surface area contributed by atoms with Crippen LogP contribution in [-0.2, 0) is 75.5 Å². The SMILES string of the molecule is CC(=O)OC[C@H]1O[C@H](CP(=O)(OCOC(=O)C(C)(C)C)OCOC(=O)C(C)(C)C)[C@@H](OC(C)=O)[C@@H](OC(C)=O)[C@@H]1OC(C)=O. The fraction of sp³-hybridized carbons (Fsp3) is 0.778. The van der Waals surface area contributed by atoms with Crippen molar-refractivity contribution < 1.29 is 75.5 Å². The molecule has 0 spiro atoms. The second-order valence-electron chi connectivity index (χ2n) is 11.9. The Kier molecular flexibility index (Phi) is 14.4. The third kappa shape index (κ3) is 13.3. The van der Waals surface area contributed by atoms with Crippen molar-refractivity contribution in [3.63, 3.8) is 0 Å². The summed E-state index contributed by atoms with van der Waals surface area (Å²) in [5, 5.41) is 0. The first-order valence-electron chi connectivity index (χ1n) is 13.6. The molecule has 17 heteroatoms. The van der Waals surface area contributed by atoms with E-state index in [9.17, 15) is 33.3 Å². The lowest BCUT2D eigenvalue weighted by Crippen LogP contribution is -2.63. The monoisotopic (exact) mass is 654 g/mol. The summed E-state index contributed by atoms with van der Waals surface area (Å²) < 4.78 is 61.9. The van der Waals surface area contributed by atoms with E-state index in [0.717, 1.165) is 27.7 Å². The average Bonchev–Trinajstić information content (AvgIpc) is 2.84. The first-order valence-corrected chi connectivity index (χ1v) is 15.3. The molecule has 1 aliphatic rings. The summed E-state index contributed by atoms with van der Waals surface area (Å²) in [5.41, 5.74) is -1.87. The highest BCUT2D eigenvalue weighted by atomic mass is 31.2. The highest BCUT2D eigenvalue weighted by molar-refractivity contribution is 7.53. The molecular formula is C27H43O16P. The summed E-state index contributed by atoms with van der Waals surface area (Å²) in [4.78, 5) is 72.2. The number of esters is 6. The van der Waals surface area contributed by atoms with E-state index in [4.69, 9.17) is 42.2 Å². The normalized spacial score (nSPS) is 22.3. The van der Waals surface area contributed by atoms with Gasteiger partial charge in [-0.25, -0.2) is 0 Å². The van der Waals surface area contributed by atoms with Crippen LogP contribution in [0.3, 0.4) is 0 Å². The number of rotatable bonds is 13. The zero-order valence-electron chi connectivity index (χ0n) is 26.7. The maximum atomic E-state index is 14.0. The van der Waals surface area contributed by atoms with E-state index in [1.165, 1.54) is 0 Å². The third-order valence-electron chi connectivity index (χ3n) is 5.59. The number of ether oxygens (including phenoxy) is 7. The molecule has 5 atom stereocenters. The largest absolute Gasteiger partial charge is 0.463 e. The number of hydrogen-bond acceptors (Lipinski definition) is 16. The Balaban J connectivity index is 3.51. The Labute approximate surface area is 256 Å². The molecule has 0 radical (unpaired) electrons. The van der Waals surface area contributed by atoms with Gasteiger partial charge in [-0.3, -0.25) is 42.4 Å². The molecule has 0 saturated carbocycles. The molecular weight excluding hydrogens is 611 g/mol. The van der Waals surface area contributed by atoms with E-state index >= 15 is 0 Å². The zero-order valence-corrected chi connectivity index (χ0v) is 27.6. The van der Waals surface area contributed by atoms with E-state index < -0.39 is 111 Å². The Bertz CT molecular complexity index is 1070. The van der Waals surface area contributed by atoms with Crippen LogP contribution in [-0.4, -0.2) is 92.7 Å². The Morgan fingerprint density at radius 1 is 0.591 bits per heavy atom. The molecule has 16 nitrogen and oxygen atoms in total. The fourth-order valence-electron chi connectivity index (χ4n) is 3.58. The smallest absolute Gasteiger partial charge is 0.339 e. The lowest BCUT2D eigenvalue weighted by atomic mass is 9.95. The predicted molar refractivity (Wildman–Crippen MR) is 147 cm³/mol. The lowest BCUT2D eigenvalue weighted by molar-refractivity contribution is -0.249. The minimum absolute atomic E-state index is 0.521. The molecule has 0 aromatic carbocycles. The summed E-state index contributed by atoms with van der Waals surface area (Å²) in [6, 6.07) is 0. The van der Waals surface area contributed by atoms with Crippen LogP contribution in [0, 0.1) is 10.8 Å². The molecule has 1 aliphatic heterocycles. The highest BCUT2D eigenvalue weighted by Crippen LogP contribution is 2.51. The molecule has 1 saturated heterocycles. The second-order valence-corrected chi connectivity index (χ2v) is 14.0. The van der Waals surface area contributed by atoms with Crippen LogP contribution in [0.5, 0.6) is 0 Å². The fourth-order valence-corrected chi connectivity index (χ4v) is 5.03. The molecule has 44 heavy (non-hydrogen) atoms. The summed E-state index contributed by atoms with van der Waals surface area (Å²) in [5.74, 6) is -4.70. The second kappa shape index (κ2) is 16.3. The number of carbonyl (C=O) groups excluding carboxylic acids is 6. The zero-order chi connectivity index (χ0) is 34.0. The van der Waals surface area contributed by atoms with Crippen LogP contribution in [0.2, 0.25) is 0 Å². The minimum Gasteiger partial charge on any atom is -0.463 e. The Hall–Kier alpha value is -3.07. The molecule has 1 heterocycles. The molecule has 0 aromatic rings. The van der Waals surface area contributed by atoms with Gasteiger partial charge in [0.25, 0.3) is 0 Å². The first kappa shape index (κ1) is 39.0. The molecule has 1 fully saturated rings. The van der Waals surface area contributed by atoms with E-state index in [0.29, 0.717) is 0 Å². The van der Waals surface area contributed by atoms with Crippen LogP contribution in [0.25, 0.3) is 0 Å². The summed E-state index contributed by atoms with van der Waals surface area (Å²) >= 11 is 0. The molecule has 0 bridgehead atoms. The van der Waals surface area contributed by atoms with Crippen LogP contribution < -0.4 is 0 Å². The summed E-state index contributed by atoms with van der Waals surface area (Å²) in [7, 11) is -4.48. The molecule has 0 aliphatic carbocycles. The van der Waals surface area contributed by atoms with Gasteiger partial charge in [-0.15, -0.1) is 0 Å². The van der Waals surface area contributed by atoms with E-state index in [1.54, 1.807) is 41.5 Å². The molecule has 252 valence electrons. The van der Waals surface area contributed by atoms with Gasteiger partial charge >= 0.3 is 43.4 Å². The van der Waals surface area contributed by atoms with Crippen molar-refractivity contribution >= 4 is 43.4 Å². The topological polar surface area (TPSA) is 203 Å². The number of carbonyl (C=O) groups is 6. The molecule has 0 amide bonds. The van der Waals surface area contributed by atoms with Gasteiger partial charge < -0.3 is 33.2 Å². The van der Waals surface area contributed by atoms with Crippen molar-refractivity contribution in [1.82, 2.24) is 0 Å². The van der Waals surface area contributed by atoms with Crippen molar-refractivity contribution in [3.05, 3.63) is 0 Å². The molecule has 1 rings (SSSR count). The van der Waals surface area contributed by atoms with E-state index in [-0.39, 0.29) is 0 Å². The van der Waals surface area contributed by atoms with Gasteiger partial charge in [0.1, 0.15) is 18.8 Å². The maximum absolute atomic E-state index is 14.0. The van der Waals surface area contributed by atoms with Gasteiger partial charge in [0.15, 0.2) is 18.3 Å². The third-order valence-corrected chi connectivity index (χ3v) is 7.40. The van der Waals surface area contributed by atoms with Crippen molar-refractivity contribution in [2.75, 3.05) is 26.4 Å². The Morgan fingerprint density at radius 2 is 0.977 bits per heavy atom. The minimum atomic E-state index is -4.48. The van der Waals surface area contributed by atoms with Crippen LogP contribution >= 0.6 is 7.60 Å². The Morgan fingerprint density at radius 3 is 1.34 bits per heavy atom. The van der Waals surface area contributed by atoms with Crippen LogP contribution in [0.15, 0.2) is 0 Å². The van der Waals surface area contributed by atoms with E-state index in [2.05, 4.69) is 0 Å². The first-order chi connectivity index (χ1) is 20.1. The van der Waals surface area contributed by atoms with Gasteiger partial charge in [-0.1, -0.05) is 0 Å². The predicted octanol–water partition coefficient (Wildman–Crippen LogP) is 2.43. The lowest BCUT2D eigenvalue weighted by Gasteiger charge is -2.44. The van der Waals surface area contributed by atoms with Crippen molar-refractivity contribution in [2.24, 2.45) is 10.8 Å². The number of hydrogen-bond donors (Lipinski definition) is 0. The van der Waals surface area contributed by atoms with Crippen LogP contribution in [0.1, 0.15) is 69.2 Å². The van der Waals surface area contributed by atoms with E-state index in [1.807, 2.05) is 0 Å². The highest BCUT2D eigenvalue weighted by Gasteiger charge is 2.54.